The van der Waals surface area contributed by atoms with E-state index in [4.69, 9.17) is 0 Å². The molecule has 0 heterocycles. The summed E-state index contributed by atoms with van der Waals surface area (Å²) in [5, 5.41) is 7.68. The summed E-state index contributed by atoms with van der Waals surface area (Å²) < 4.78 is 0. The summed E-state index contributed by atoms with van der Waals surface area (Å²) in [5.74, 6) is 0. The molecule has 0 heteroatoms. The third-order valence-electron chi connectivity index (χ3n) is 7.12. The van der Waals surface area contributed by atoms with Gasteiger partial charge in [0.25, 0.3) is 0 Å². The minimum Gasteiger partial charge on any atom is -0.0871 e. The van der Waals surface area contributed by atoms with Crippen LogP contribution in [0.1, 0.15) is 19.4 Å². The first-order chi connectivity index (χ1) is 17.8. The number of rotatable bonds is 4. The predicted octanol–water partition coefficient (Wildman–Crippen LogP) is 10.5. The zero-order valence-corrected chi connectivity index (χ0v) is 20.7. The van der Waals surface area contributed by atoms with Gasteiger partial charge in [-0.15, -0.1) is 0 Å². The molecular weight excluding hydrogens is 432 g/mol. The average molecular weight is 461 g/mol. The normalized spacial score (nSPS) is 12.2. The molecule has 0 fully saturated rings. The van der Waals surface area contributed by atoms with Crippen LogP contribution in [0.2, 0.25) is 0 Å². The Bertz CT molecular complexity index is 1770. The Balaban J connectivity index is 1.72. The third-order valence-corrected chi connectivity index (χ3v) is 7.12. The largest absolute Gasteiger partial charge is 0.0871 e. The van der Waals surface area contributed by atoms with Crippen molar-refractivity contribution in [2.75, 3.05) is 0 Å². The van der Waals surface area contributed by atoms with Crippen molar-refractivity contribution in [1.29, 1.82) is 0 Å². The Labute approximate surface area is 212 Å². The van der Waals surface area contributed by atoms with Crippen LogP contribution in [0.15, 0.2) is 133 Å². The topological polar surface area (TPSA) is 0 Å². The lowest BCUT2D eigenvalue weighted by atomic mass is 9.84. The van der Waals surface area contributed by atoms with Crippen LogP contribution in [0.3, 0.4) is 0 Å². The maximum atomic E-state index is 2.38. The molecule has 0 unspecified atom stereocenters. The molecule has 0 aliphatic heterocycles. The molecule has 36 heavy (non-hydrogen) atoms. The monoisotopic (exact) mass is 460 g/mol. The molecule has 0 saturated heterocycles. The van der Waals surface area contributed by atoms with Crippen molar-refractivity contribution in [3.63, 3.8) is 0 Å². The standard InChI is InChI=1S/C36H28/c1-3-12-25(4-2)35-31-17-10-11-18-32(31)36(34-24-30-16-9-8-15-29(30)23-33(34)35)28-21-19-27(20-22-28)26-13-6-5-7-14-26/h3-24H,1-2H3. The molecule has 0 bridgehead atoms. The molecule has 0 aliphatic rings. The van der Waals surface area contributed by atoms with Gasteiger partial charge in [0.15, 0.2) is 0 Å². The van der Waals surface area contributed by atoms with Gasteiger partial charge in [0.1, 0.15) is 0 Å². The average Bonchev–Trinajstić information content (AvgIpc) is 2.94. The van der Waals surface area contributed by atoms with Crippen molar-refractivity contribution in [3.8, 4) is 22.3 Å². The van der Waals surface area contributed by atoms with Crippen molar-refractivity contribution in [2.45, 2.75) is 13.8 Å². The van der Waals surface area contributed by atoms with Gasteiger partial charge < -0.3 is 0 Å². The van der Waals surface area contributed by atoms with Gasteiger partial charge in [-0.25, -0.2) is 0 Å². The first-order valence-corrected chi connectivity index (χ1v) is 12.6. The minimum atomic E-state index is 1.24. The van der Waals surface area contributed by atoms with Crippen LogP contribution in [0, 0.1) is 0 Å². The highest BCUT2D eigenvalue weighted by molar-refractivity contribution is 6.21. The van der Waals surface area contributed by atoms with Crippen LogP contribution in [0.5, 0.6) is 0 Å². The molecule has 0 saturated carbocycles. The van der Waals surface area contributed by atoms with Gasteiger partial charge in [-0.05, 0) is 91.7 Å². The summed E-state index contributed by atoms with van der Waals surface area (Å²) in [6.07, 6.45) is 6.59. The van der Waals surface area contributed by atoms with Crippen LogP contribution >= 0.6 is 0 Å². The maximum Gasteiger partial charge on any atom is -0.00261 e. The molecule has 172 valence electrons. The molecule has 6 aromatic carbocycles. The molecule has 0 aromatic heterocycles. The van der Waals surface area contributed by atoms with E-state index in [-0.39, 0.29) is 0 Å². The Hall–Kier alpha value is -4.42. The van der Waals surface area contributed by atoms with Crippen molar-refractivity contribution in [3.05, 3.63) is 139 Å². The minimum absolute atomic E-state index is 1.24. The second kappa shape index (κ2) is 9.32. The number of fused-ring (bicyclic) bond motifs is 3. The van der Waals surface area contributed by atoms with E-state index in [0.29, 0.717) is 0 Å². The van der Waals surface area contributed by atoms with Crippen molar-refractivity contribution in [2.24, 2.45) is 0 Å². The van der Waals surface area contributed by atoms with E-state index in [0.717, 1.165) is 0 Å². The van der Waals surface area contributed by atoms with Crippen LogP contribution < -0.4 is 0 Å². The van der Waals surface area contributed by atoms with E-state index in [1.165, 1.54) is 65.7 Å². The summed E-state index contributed by atoms with van der Waals surface area (Å²) in [6, 6.07) is 41.9. The lowest BCUT2D eigenvalue weighted by molar-refractivity contribution is 1.61. The molecule has 0 atom stereocenters. The molecule has 0 spiro atoms. The predicted molar refractivity (Wildman–Crippen MR) is 158 cm³/mol. The molecule has 6 rings (SSSR count). The summed E-state index contributed by atoms with van der Waals surface area (Å²) in [7, 11) is 0. The van der Waals surface area contributed by atoms with Crippen molar-refractivity contribution < 1.29 is 0 Å². The molecule has 0 aliphatic carbocycles. The zero-order chi connectivity index (χ0) is 24.5. The second-order valence-corrected chi connectivity index (χ2v) is 9.23. The van der Waals surface area contributed by atoms with Crippen LogP contribution in [-0.2, 0) is 0 Å². The van der Waals surface area contributed by atoms with Crippen molar-refractivity contribution >= 4 is 37.9 Å². The van der Waals surface area contributed by atoms with Gasteiger partial charge >= 0.3 is 0 Å². The number of allylic oxidation sites excluding steroid dienone is 4. The van der Waals surface area contributed by atoms with Crippen LogP contribution in [0.25, 0.3) is 60.1 Å². The summed E-state index contributed by atoms with van der Waals surface area (Å²) >= 11 is 0. The quantitative estimate of drug-likeness (QED) is 0.181. The molecule has 0 radical (unpaired) electrons. The molecule has 0 nitrogen and oxygen atoms in total. The van der Waals surface area contributed by atoms with E-state index < -0.39 is 0 Å². The molecule has 0 N–H and O–H groups in total. The van der Waals surface area contributed by atoms with Crippen molar-refractivity contribution in [1.82, 2.24) is 0 Å². The fraction of sp³-hybridized carbons (Fsp3) is 0.0556. The fourth-order valence-electron chi connectivity index (χ4n) is 5.45. The highest BCUT2D eigenvalue weighted by Crippen LogP contribution is 2.43. The highest BCUT2D eigenvalue weighted by Gasteiger charge is 2.17. The van der Waals surface area contributed by atoms with Gasteiger partial charge in [-0.3, -0.25) is 0 Å². The fourth-order valence-corrected chi connectivity index (χ4v) is 5.45. The summed E-state index contributed by atoms with van der Waals surface area (Å²) in [6.45, 7) is 4.22. The maximum absolute atomic E-state index is 2.38. The number of benzene rings is 6. The van der Waals surface area contributed by atoms with E-state index in [1.807, 2.05) is 0 Å². The lowest BCUT2D eigenvalue weighted by Crippen LogP contribution is -1.93. The summed E-state index contributed by atoms with van der Waals surface area (Å²) in [5.41, 5.74) is 7.57. The Morgan fingerprint density at radius 2 is 1.06 bits per heavy atom. The van der Waals surface area contributed by atoms with Gasteiger partial charge in [0.05, 0.1) is 0 Å². The first-order valence-electron chi connectivity index (χ1n) is 12.6. The highest BCUT2D eigenvalue weighted by atomic mass is 14.2. The van der Waals surface area contributed by atoms with Gasteiger partial charge in [-0.2, -0.15) is 0 Å². The molecule has 0 amide bonds. The van der Waals surface area contributed by atoms with Gasteiger partial charge in [0, 0.05) is 0 Å². The van der Waals surface area contributed by atoms with Crippen LogP contribution in [-0.4, -0.2) is 0 Å². The number of hydrogen-bond donors (Lipinski definition) is 0. The Kier molecular flexibility index (Phi) is 5.71. The zero-order valence-electron chi connectivity index (χ0n) is 20.7. The smallest absolute Gasteiger partial charge is 0.00261 e. The van der Waals surface area contributed by atoms with E-state index in [1.54, 1.807) is 0 Å². The SMILES string of the molecule is CC=CC(=CC)c1c2ccccc2c(-c2ccc(-c3ccccc3)cc2)c2cc3ccccc3cc12. The first kappa shape index (κ1) is 22.1. The van der Waals surface area contributed by atoms with E-state index in [9.17, 15) is 0 Å². The summed E-state index contributed by atoms with van der Waals surface area (Å²) in [4.78, 5) is 0. The van der Waals surface area contributed by atoms with E-state index in [2.05, 4.69) is 147 Å². The molecule has 6 aromatic rings. The van der Waals surface area contributed by atoms with E-state index >= 15 is 0 Å². The Morgan fingerprint density at radius 3 is 1.72 bits per heavy atom. The number of hydrogen-bond acceptors (Lipinski definition) is 0. The second-order valence-electron chi connectivity index (χ2n) is 9.23. The Morgan fingerprint density at radius 1 is 0.500 bits per heavy atom. The van der Waals surface area contributed by atoms with Gasteiger partial charge in [0.2, 0.25) is 0 Å². The molecular formula is C36H28. The third kappa shape index (κ3) is 3.72. The van der Waals surface area contributed by atoms with Gasteiger partial charge in [-0.1, -0.05) is 121 Å². The van der Waals surface area contributed by atoms with Crippen LogP contribution in [0.4, 0.5) is 0 Å². The lowest BCUT2D eigenvalue weighted by Gasteiger charge is -2.19.